The first-order valence-electron chi connectivity index (χ1n) is 10.4. The topological polar surface area (TPSA) is 0 Å². The van der Waals surface area contributed by atoms with Crippen molar-refractivity contribution in [3.8, 4) is 0 Å². The van der Waals surface area contributed by atoms with E-state index in [2.05, 4.69) is 18.4 Å². The van der Waals surface area contributed by atoms with Gasteiger partial charge in [-0.05, 0) is 18.2 Å². The second-order valence-corrected chi connectivity index (χ2v) is 9.30. The highest BCUT2D eigenvalue weighted by molar-refractivity contribution is 7.11. The Morgan fingerprint density at radius 1 is 0.696 bits per heavy atom. The molecule has 1 rings (SSSR count). The molecule has 0 aliphatic carbocycles. The molecule has 0 bridgehead atoms. The van der Waals surface area contributed by atoms with Crippen molar-refractivity contribution in [1.82, 2.24) is 0 Å². The Hall–Kier alpha value is -0.0831. The smallest absolute Gasteiger partial charge is 0.0399 e. The van der Waals surface area contributed by atoms with Gasteiger partial charge in [-0.15, -0.1) is 11.3 Å². The molecule has 1 heterocycles. The predicted molar refractivity (Wildman–Crippen MR) is 113 cm³/mol. The Kier molecular flexibility index (Phi) is 14.1. The van der Waals surface area contributed by atoms with Crippen molar-refractivity contribution in [1.29, 1.82) is 0 Å². The number of rotatable bonds is 16. The molecule has 0 saturated heterocycles. The van der Waals surface area contributed by atoms with Crippen LogP contribution in [0, 0.1) is 0 Å². The average Bonchev–Trinajstić information content (AvgIpc) is 2.96. The summed E-state index contributed by atoms with van der Waals surface area (Å²) >= 11 is 1.97. The van der Waals surface area contributed by atoms with Crippen LogP contribution in [0.15, 0.2) is 11.4 Å². The molecule has 1 aromatic rings. The number of hydrogen-bond donors (Lipinski definition) is 0. The van der Waals surface area contributed by atoms with E-state index >= 15 is 0 Å². The van der Waals surface area contributed by atoms with Gasteiger partial charge in [0.15, 0.2) is 0 Å². The van der Waals surface area contributed by atoms with E-state index in [4.69, 9.17) is 0 Å². The SMILES string of the molecule is CCCCCCCCCCCCCCCCCc1sccc1[SiH3]. The van der Waals surface area contributed by atoms with Gasteiger partial charge in [0, 0.05) is 15.1 Å². The van der Waals surface area contributed by atoms with Gasteiger partial charge in [-0.3, -0.25) is 0 Å². The second-order valence-electron chi connectivity index (χ2n) is 7.23. The molecule has 0 fully saturated rings. The van der Waals surface area contributed by atoms with Crippen LogP contribution in [0.1, 0.15) is 108 Å². The fourth-order valence-corrected chi connectivity index (χ4v) is 5.28. The van der Waals surface area contributed by atoms with E-state index in [1.54, 1.807) is 10.1 Å². The average molecular weight is 353 g/mol. The quantitative estimate of drug-likeness (QED) is 0.247. The lowest BCUT2D eigenvalue weighted by Crippen LogP contribution is -2.03. The Morgan fingerprint density at radius 3 is 1.52 bits per heavy atom. The van der Waals surface area contributed by atoms with Crippen LogP contribution in [0.25, 0.3) is 0 Å². The maximum atomic E-state index is 2.32. The third kappa shape index (κ3) is 12.0. The minimum atomic E-state index is 1.23. The molecular weight excluding hydrogens is 312 g/mol. The standard InChI is InChI=1S/C21H40SSi/c1-2-3-4-5-6-7-8-9-10-11-12-13-14-15-16-17-20-21(23)18-19-22-20/h18-19H,2-17H2,1,23H3. The summed E-state index contributed by atoms with van der Waals surface area (Å²) in [5.41, 5.74) is 0. The lowest BCUT2D eigenvalue weighted by molar-refractivity contribution is 0.532. The molecule has 1 aromatic heterocycles. The van der Waals surface area contributed by atoms with Gasteiger partial charge in [-0.2, -0.15) is 0 Å². The first kappa shape index (κ1) is 21.0. The summed E-state index contributed by atoms with van der Waals surface area (Å²) < 4.78 is 0. The molecule has 0 atom stereocenters. The molecule has 23 heavy (non-hydrogen) atoms. The van der Waals surface area contributed by atoms with Crippen LogP contribution in [-0.2, 0) is 6.42 Å². The number of unbranched alkanes of at least 4 members (excludes halogenated alkanes) is 14. The molecule has 0 spiro atoms. The van der Waals surface area contributed by atoms with Crippen LogP contribution in [-0.4, -0.2) is 10.2 Å². The Labute approximate surface area is 152 Å². The van der Waals surface area contributed by atoms with Crippen molar-refractivity contribution < 1.29 is 0 Å². The van der Waals surface area contributed by atoms with E-state index < -0.39 is 0 Å². The Morgan fingerprint density at radius 2 is 1.13 bits per heavy atom. The fraction of sp³-hybridized carbons (Fsp3) is 0.810. The first-order valence-corrected chi connectivity index (χ1v) is 12.3. The summed E-state index contributed by atoms with van der Waals surface area (Å²) in [6, 6.07) is 2.32. The third-order valence-electron chi connectivity index (χ3n) is 4.98. The zero-order valence-electron chi connectivity index (χ0n) is 15.9. The van der Waals surface area contributed by atoms with Gasteiger partial charge in [0.1, 0.15) is 0 Å². The van der Waals surface area contributed by atoms with Gasteiger partial charge >= 0.3 is 0 Å². The maximum absolute atomic E-state index is 2.32. The molecule has 0 nitrogen and oxygen atoms in total. The second kappa shape index (κ2) is 15.4. The fourth-order valence-electron chi connectivity index (χ4n) is 3.32. The number of thiophene rings is 1. The molecule has 0 aliphatic rings. The van der Waals surface area contributed by atoms with Crippen molar-refractivity contribution in [2.45, 2.75) is 110 Å². The predicted octanol–water partition coefficient (Wildman–Crippen LogP) is 6.15. The number of aryl methyl sites for hydroxylation is 1. The van der Waals surface area contributed by atoms with Crippen molar-refractivity contribution in [2.24, 2.45) is 0 Å². The molecule has 0 unspecified atom stereocenters. The van der Waals surface area contributed by atoms with Gasteiger partial charge in [-0.1, -0.05) is 108 Å². The van der Waals surface area contributed by atoms with Crippen LogP contribution in [0.3, 0.4) is 0 Å². The molecule has 0 aromatic carbocycles. The van der Waals surface area contributed by atoms with Crippen LogP contribution >= 0.6 is 11.3 Å². The maximum Gasteiger partial charge on any atom is 0.0399 e. The molecule has 0 amide bonds. The van der Waals surface area contributed by atoms with Gasteiger partial charge in [0.25, 0.3) is 0 Å². The lowest BCUT2D eigenvalue weighted by atomic mass is 10.0. The molecule has 0 N–H and O–H groups in total. The number of hydrogen-bond acceptors (Lipinski definition) is 1. The van der Waals surface area contributed by atoms with Gasteiger partial charge in [0.2, 0.25) is 0 Å². The zero-order chi connectivity index (χ0) is 16.6. The minimum Gasteiger partial charge on any atom is -0.149 e. The van der Waals surface area contributed by atoms with E-state index in [0.717, 1.165) is 0 Å². The monoisotopic (exact) mass is 352 g/mol. The lowest BCUT2D eigenvalue weighted by Gasteiger charge is -2.03. The molecule has 0 saturated carbocycles. The van der Waals surface area contributed by atoms with E-state index in [1.807, 2.05) is 11.3 Å². The van der Waals surface area contributed by atoms with E-state index in [-0.39, 0.29) is 0 Å². The summed E-state index contributed by atoms with van der Waals surface area (Å²) in [6.07, 6.45) is 23.2. The van der Waals surface area contributed by atoms with Crippen molar-refractivity contribution in [2.75, 3.05) is 0 Å². The molecular formula is C21H40SSi. The van der Waals surface area contributed by atoms with E-state index in [1.165, 1.54) is 113 Å². The summed E-state index contributed by atoms with van der Waals surface area (Å²) in [5, 5.41) is 3.91. The van der Waals surface area contributed by atoms with Crippen LogP contribution in [0.5, 0.6) is 0 Å². The van der Waals surface area contributed by atoms with Crippen LogP contribution in [0.4, 0.5) is 0 Å². The summed E-state index contributed by atoms with van der Waals surface area (Å²) in [6.45, 7) is 2.30. The van der Waals surface area contributed by atoms with Gasteiger partial charge < -0.3 is 0 Å². The van der Waals surface area contributed by atoms with Crippen molar-refractivity contribution in [3.05, 3.63) is 16.3 Å². The Bertz CT molecular complexity index is 358. The first-order chi connectivity index (χ1) is 11.3. The summed E-state index contributed by atoms with van der Waals surface area (Å²) in [4.78, 5) is 1.67. The molecule has 134 valence electrons. The normalized spacial score (nSPS) is 11.3. The molecule has 0 aliphatic heterocycles. The highest BCUT2D eigenvalue weighted by Gasteiger charge is 1.99. The largest absolute Gasteiger partial charge is 0.149 e. The van der Waals surface area contributed by atoms with Crippen LogP contribution < -0.4 is 5.19 Å². The van der Waals surface area contributed by atoms with E-state index in [0.29, 0.717) is 0 Å². The van der Waals surface area contributed by atoms with Crippen LogP contribution in [0.2, 0.25) is 0 Å². The summed E-state index contributed by atoms with van der Waals surface area (Å²) in [5.74, 6) is 0. The van der Waals surface area contributed by atoms with Gasteiger partial charge in [0.05, 0.1) is 0 Å². The molecule has 2 heteroatoms. The highest BCUT2D eigenvalue weighted by atomic mass is 32.1. The zero-order valence-corrected chi connectivity index (χ0v) is 18.7. The van der Waals surface area contributed by atoms with E-state index in [9.17, 15) is 0 Å². The van der Waals surface area contributed by atoms with Gasteiger partial charge in [-0.25, -0.2) is 0 Å². The van der Waals surface area contributed by atoms with Crippen molar-refractivity contribution in [3.63, 3.8) is 0 Å². The highest BCUT2D eigenvalue weighted by Crippen LogP contribution is 2.15. The molecule has 0 radical (unpaired) electrons. The summed E-state index contributed by atoms with van der Waals surface area (Å²) in [7, 11) is 1.23. The third-order valence-corrected chi connectivity index (χ3v) is 7.36. The Balaban J connectivity index is 1.72. The minimum absolute atomic E-state index is 1.23. The van der Waals surface area contributed by atoms with Crippen molar-refractivity contribution >= 4 is 26.8 Å².